The number of rotatable bonds is 6. The lowest BCUT2D eigenvalue weighted by Gasteiger charge is -2.19. The minimum absolute atomic E-state index is 0.0874. The largest absolute Gasteiger partial charge is 0.465 e. The van der Waals surface area contributed by atoms with E-state index >= 15 is 0 Å². The number of carbonyl (C=O) groups is 2. The van der Waals surface area contributed by atoms with Crippen LogP contribution in [0.4, 0.5) is 11.4 Å². The van der Waals surface area contributed by atoms with Gasteiger partial charge in [0, 0.05) is 19.3 Å². The molecule has 1 heterocycles. The number of benzene rings is 1. The van der Waals surface area contributed by atoms with Crippen LogP contribution in [0.15, 0.2) is 36.7 Å². The topological polar surface area (TPSA) is 71.5 Å². The lowest BCUT2D eigenvalue weighted by molar-refractivity contribution is 0.0600. The number of ether oxygens (including phenoxy) is 1. The monoisotopic (exact) mass is 361 g/mol. The van der Waals surface area contributed by atoms with Crippen molar-refractivity contribution in [1.29, 1.82) is 0 Å². The van der Waals surface area contributed by atoms with Gasteiger partial charge in [-0.05, 0) is 38.1 Å². The van der Waals surface area contributed by atoms with Crippen LogP contribution in [0.5, 0.6) is 0 Å². The Hall–Kier alpha value is -2.60. The molecule has 25 heavy (non-hydrogen) atoms. The minimum Gasteiger partial charge on any atom is -0.465 e. The summed E-state index contributed by atoms with van der Waals surface area (Å²) in [6, 6.07) is 6.48. The molecule has 1 aromatic carbocycles. The second kappa shape index (κ2) is 8.48. The van der Waals surface area contributed by atoms with Gasteiger partial charge < -0.3 is 15.0 Å². The van der Waals surface area contributed by atoms with Gasteiger partial charge in [0.1, 0.15) is 0 Å². The Labute approximate surface area is 151 Å². The van der Waals surface area contributed by atoms with Crippen LogP contribution in [-0.2, 0) is 4.74 Å². The fourth-order valence-corrected chi connectivity index (χ4v) is 2.50. The van der Waals surface area contributed by atoms with Crippen LogP contribution in [0, 0.1) is 0 Å². The predicted octanol–water partition coefficient (Wildman–Crippen LogP) is 3.75. The van der Waals surface area contributed by atoms with Gasteiger partial charge in [-0.3, -0.25) is 9.78 Å². The van der Waals surface area contributed by atoms with Crippen LogP contribution in [0.2, 0.25) is 5.02 Å². The van der Waals surface area contributed by atoms with Crippen molar-refractivity contribution in [2.75, 3.05) is 25.5 Å². The molecule has 0 saturated carbocycles. The molecule has 0 saturated heterocycles. The van der Waals surface area contributed by atoms with E-state index in [-0.39, 0.29) is 5.91 Å². The summed E-state index contributed by atoms with van der Waals surface area (Å²) in [4.78, 5) is 29.9. The molecule has 0 fully saturated rings. The lowest BCUT2D eigenvalue weighted by Crippen LogP contribution is -2.30. The summed E-state index contributed by atoms with van der Waals surface area (Å²) < 4.78 is 4.71. The van der Waals surface area contributed by atoms with E-state index in [0.717, 1.165) is 0 Å². The summed E-state index contributed by atoms with van der Waals surface area (Å²) in [6.45, 7) is 5.10. The van der Waals surface area contributed by atoms with Gasteiger partial charge in [0.15, 0.2) is 0 Å². The first-order valence-corrected chi connectivity index (χ1v) is 8.27. The van der Waals surface area contributed by atoms with E-state index in [4.69, 9.17) is 16.3 Å². The Morgan fingerprint density at radius 1 is 1.16 bits per heavy atom. The number of hydrogen-bond acceptors (Lipinski definition) is 5. The number of pyridine rings is 1. The second-order valence-electron chi connectivity index (χ2n) is 5.25. The maximum atomic E-state index is 12.4. The Bertz CT molecular complexity index is 776. The molecule has 132 valence electrons. The van der Waals surface area contributed by atoms with E-state index < -0.39 is 5.97 Å². The smallest absolute Gasteiger partial charge is 0.337 e. The average molecular weight is 362 g/mol. The van der Waals surface area contributed by atoms with Crippen molar-refractivity contribution in [3.63, 3.8) is 0 Å². The molecule has 0 aliphatic rings. The molecule has 7 heteroatoms. The Morgan fingerprint density at radius 2 is 1.88 bits per heavy atom. The molecule has 0 aliphatic heterocycles. The molecule has 2 aromatic rings. The molecular weight excluding hydrogens is 342 g/mol. The van der Waals surface area contributed by atoms with Gasteiger partial charge in [-0.25, -0.2) is 4.79 Å². The third-order valence-corrected chi connectivity index (χ3v) is 4.03. The van der Waals surface area contributed by atoms with E-state index in [2.05, 4.69) is 10.3 Å². The van der Waals surface area contributed by atoms with E-state index in [1.807, 2.05) is 13.8 Å². The molecule has 0 aliphatic carbocycles. The Kier molecular flexibility index (Phi) is 6.36. The zero-order valence-electron chi connectivity index (χ0n) is 14.4. The molecule has 1 N–H and O–H groups in total. The van der Waals surface area contributed by atoms with Gasteiger partial charge in [0.05, 0.1) is 40.8 Å². The highest BCUT2D eigenvalue weighted by molar-refractivity contribution is 6.33. The van der Waals surface area contributed by atoms with Gasteiger partial charge in [-0.2, -0.15) is 0 Å². The summed E-state index contributed by atoms with van der Waals surface area (Å²) >= 11 is 6.18. The van der Waals surface area contributed by atoms with Crippen LogP contribution >= 0.6 is 11.6 Å². The van der Waals surface area contributed by atoms with Gasteiger partial charge in [-0.1, -0.05) is 11.6 Å². The number of carbonyl (C=O) groups excluding carboxylic acids is 2. The fraction of sp³-hybridized carbons (Fsp3) is 0.278. The van der Waals surface area contributed by atoms with Crippen LogP contribution in [0.1, 0.15) is 34.6 Å². The van der Waals surface area contributed by atoms with Crippen LogP contribution in [-0.4, -0.2) is 42.0 Å². The van der Waals surface area contributed by atoms with Crippen molar-refractivity contribution in [1.82, 2.24) is 9.88 Å². The van der Waals surface area contributed by atoms with Gasteiger partial charge in [-0.15, -0.1) is 0 Å². The predicted molar refractivity (Wildman–Crippen MR) is 97.6 cm³/mol. The molecule has 2 rings (SSSR count). The normalized spacial score (nSPS) is 10.2. The molecule has 0 spiro atoms. The Balaban J connectivity index is 2.28. The second-order valence-corrected chi connectivity index (χ2v) is 5.66. The highest BCUT2D eigenvalue weighted by atomic mass is 35.5. The number of amides is 1. The van der Waals surface area contributed by atoms with E-state index in [0.29, 0.717) is 40.6 Å². The number of hydrogen-bond donors (Lipinski definition) is 1. The third kappa shape index (κ3) is 4.48. The minimum atomic E-state index is -0.455. The van der Waals surface area contributed by atoms with Crippen molar-refractivity contribution in [3.8, 4) is 0 Å². The maximum absolute atomic E-state index is 12.4. The number of nitrogens with zero attached hydrogens (tertiary/aromatic N) is 2. The first-order chi connectivity index (χ1) is 12.0. The molecule has 1 amide bonds. The molecule has 0 unspecified atom stereocenters. The average Bonchev–Trinajstić information content (AvgIpc) is 2.64. The molecule has 1 aromatic heterocycles. The van der Waals surface area contributed by atoms with Crippen molar-refractivity contribution < 1.29 is 14.3 Å². The zero-order valence-corrected chi connectivity index (χ0v) is 15.1. The zero-order chi connectivity index (χ0) is 18.4. The van der Waals surface area contributed by atoms with E-state index in [9.17, 15) is 9.59 Å². The lowest BCUT2D eigenvalue weighted by atomic mass is 10.2. The summed E-state index contributed by atoms with van der Waals surface area (Å²) in [5.41, 5.74) is 1.98. The molecular formula is C18H20ClN3O3. The first kappa shape index (κ1) is 18.7. The van der Waals surface area contributed by atoms with Gasteiger partial charge in [0.25, 0.3) is 5.91 Å². The fourth-order valence-electron chi connectivity index (χ4n) is 2.34. The third-order valence-electron chi connectivity index (χ3n) is 3.70. The molecule has 0 radical (unpaired) electrons. The number of anilines is 2. The molecule has 0 atom stereocenters. The standard InChI is InChI=1S/C18H20ClN3O3/c1-4-22(5-2)17(23)13-8-14(11-20-10-13)21-16-9-12(18(24)25-3)6-7-15(16)19/h6-11,21H,4-5H2,1-3H3. The summed E-state index contributed by atoms with van der Waals surface area (Å²) in [5, 5.41) is 3.53. The number of esters is 1. The SMILES string of the molecule is CCN(CC)C(=O)c1cncc(Nc2cc(C(=O)OC)ccc2Cl)c1. The summed E-state index contributed by atoms with van der Waals surface area (Å²) in [6.07, 6.45) is 3.11. The highest BCUT2D eigenvalue weighted by Crippen LogP contribution is 2.27. The molecule has 6 nitrogen and oxygen atoms in total. The number of methoxy groups -OCH3 is 1. The summed E-state index contributed by atoms with van der Waals surface area (Å²) in [7, 11) is 1.32. The Morgan fingerprint density at radius 3 is 2.52 bits per heavy atom. The first-order valence-electron chi connectivity index (χ1n) is 7.89. The molecule has 0 bridgehead atoms. The van der Waals surface area contributed by atoms with Gasteiger partial charge in [0.2, 0.25) is 0 Å². The number of aromatic nitrogens is 1. The van der Waals surface area contributed by atoms with Crippen LogP contribution < -0.4 is 5.32 Å². The van der Waals surface area contributed by atoms with Crippen LogP contribution in [0.25, 0.3) is 0 Å². The highest BCUT2D eigenvalue weighted by Gasteiger charge is 2.14. The van der Waals surface area contributed by atoms with Crippen molar-refractivity contribution in [2.24, 2.45) is 0 Å². The summed E-state index contributed by atoms with van der Waals surface area (Å²) in [5.74, 6) is -0.543. The van der Waals surface area contributed by atoms with E-state index in [1.54, 1.807) is 35.4 Å². The van der Waals surface area contributed by atoms with E-state index in [1.165, 1.54) is 13.3 Å². The number of nitrogens with one attached hydrogen (secondary N) is 1. The van der Waals surface area contributed by atoms with Crippen molar-refractivity contribution in [2.45, 2.75) is 13.8 Å². The van der Waals surface area contributed by atoms with Crippen molar-refractivity contribution >= 4 is 34.9 Å². The van der Waals surface area contributed by atoms with Crippen LogP contribution in [0.3, 0.4) is 0 Å². The van der Waals surface area contributed by atoms with Gasteiger partial charge >= 0.3 is 5.97 Å². The quantitative estimate of drug-likeness (QED) is 0.793. The maximum Gasteiger partial charge on any atom is 0.337 e. The number of halogens is 1. The van der Waals surface area contributed by atoms with Crippen molar-refractivity contribution in [3.05, 3.63) is 52.8 Å².